The van der Waals surface area contributed by atoms with Crippen LogP contribution < -0.4 is 0 Å². The Balaban J connectivity index is 1.48. The first-order valence-corrected chi connectivity index (χ1v) is 8.66. The number of H-pyrrole nitrogens is 1. The molecule has 0 aliphatic carbocycles. The molecular formula is C21H21N3O. The lowest BCUT2D eigenvalue weighted by molar-refractivity contribution is -0.130. The fourth-order valence-electron chi connectivity index (χ4n) is 3.42. The molecule has 1 aromatic carbocycles. The second kappa shape index (κ2) is 6.55. The molecule has 1 aliphatic rings. The second-order valence-electron chi connectivity index (χ2n) is 6.52. The normalized spacial score (nSPS) is 14.6. The largest absolute Gasteiger partial charge is 0.359 e. The van der Waals surface area contributed by atoms with Crippen molar-refractivity contribution in [2.75, 3.05) is 13.1 Å². The van der Waals surface area contributed by atoms with Gasteiger partial charge in [-0.05, 0) is 42.2 Å². The van der Waals surface area contributed by atoms with Crippen molar-refractivity contribution in [3.63, 3.8) is 0 Å². The molecule has 25 heavy (non-hydrogen) atoms. The van der Waals surface area contributed by atoms with Gasteiger partial charge < -0.3 is 9.88 Å². The lowest BCUT2D eigenvalue weighted by Crippen LogP contribution is -2.35. The van der Waals surface area contributed by atoms with Crippen molar-refractivity contribution >= 4 is 22.5 Å². The minimum absolute atomic E-state index is 0.196. The van der Waals surface area contributed by atoms with Crippen LogP contribution in [0.2, 0.25) is 0 Å². The van der Waals surface area contributed by atoms with Crippen molar-refractivity contribution in [3.8, 4) is 0 Å². The average molecular weight is 331 g/mol. The minimum Gasteiger partial charge on any atom is -0.359 e. The summed E-state index contributed by atoms with van der Waals surface area (Å²) in [6.07, 6.45) is 7.35. The standard InChI is InChI=1S/C21H21N3O/c1-15-5-2-3-6-17(15)13-20(25)24-11-8-16(9-12-24)18-14-23-19-7-4-10-22-21(18)19/h2-8,10,14,23H,9,11-13H2,1H3. The van der Waals surface area contributed by atoms with Gasteiger partial charge in [-0.2, -0.15) is 0 Å². The van der Waals surface area contributed by atoms with Crippen LogP contribution in [-0.2, 0) is 11.2 Å². The lowest BCUT2D eigenvalue weighted by atomic mass is 10.00. The first-order valence-electron chi connectivity index (χ1n) is 8.66. The Morgan fingerprint density at radius 3 is 2.92 bits per heavy atom. The van der Waals surface area contributed by atoms with E-state index < -0.39 is 0 Å². The number of fused-ring (bicyclic) bond motifs is 1. The number of carbonyl (C=O) groups excluding carboxylic acids is 1. The van der Waals surface area contributed by atoms with Gasteiger partial charge in [-0.3, -0.25) is 9.78 Å². The van der Waals surface area contributed by atoms with Crippen molar-refractivity contribution in [2.24, 2.45) is 0 Å². The number of aryl methyl sites for hydroxylation is 1. The minimum atomic E-state index is 0.196. The third kappa shape index (κ3) is 3.07. The smallest absolute Gasteiger partial charge is 0.227 e. The van der Waals surface area contributed by atoms with Gasteiger partial charge in [0.25, 0.3) is 0 Å². The molecule has 4 rings (SSSR count). The van der Waals surface area contributed by atoms with Gasteiger partial charge in [0.05, 0.1) is 17.5 Å². The summed E-state index contributed by atoms with van der Waals surface area (Å²) in [5.41, 5.74) is 6.77. The van der Waals surface area contributed by atoms with Crippen LogP contribution in [0.4, 0.5) is 0 Å². The fraction of sp³-hybridized carbons (Fsp3) is 0.238. The van der Waals surface area contributed by atoms with Crippen LogP contribution in [0.1, 0.15) is 23.1 Å². The van der Waals surface area contributed by atoms with Gasteiger partial charge in [-0.25, -0.2) is 0 Å². The number of carbonyl (C=O) groups is 1. The van der Waals surface area contributed by atoms with Gasteiger partial charge in [0.2, 0.25) is 5.91 Å². The maximum atomic E-state index is 12.6. The van der Waals surface area contributed by atoms with E-state index >= 15 is 0 Å². The van der Waals surface area contributed by atoms with Gasteiger partial charge in [-0.15, -0.1) is 0 Å². The molecule has 2 aromatic heterocycles. The molecule has 0 spiro atoms. The van der Waals surface area contributed by atoms with Crippen LogP contribution in [-0.4, -0.2) is 33.9 Å². The summed E-state index contributed by atoms with van der Waals surface area (Å²) in [6.45, 7) is 3.48. The van der Waals surface area contributed by atoms with E-state index in [1.165, 1.54) is 11.1 Å². The Hall–Kier alpha value is -2.88. The maximum absolute atomic E-state index is 12.6. The van der Waals surface area contributed by atoms with E-state index in [1.54, 1.807) is 0 Å². The summed E-state index contributed by atoms with van der Waals surface area (Å²) in [4.78, 5) is 22.3. The molecule has 0 unspecified atom stereocenters. The molecule has 0 saturated carbocycles. The molecule has 0 saturated heterocycles. The van der Waals surface area contributed by atoms with E-state index in [0.717, 1.165) is 35.1 Å². The molecule has 3 aromatic rings. The number of aromatic amines is 1. The predicted molar refractivity (Wildman–Crippen MR) is 100 cm³/mol. The summed E-state index contributed by atoms with van der Waals surface area (Å²) in [7, 11) is 0. The number of pyridine rings is 1. The van der Waals surface area contributed by atoms with Crippen molar-refractivity contribution in [2.45, 2.75) is 19.8 Å². The lowest BCUT2D eigenvalue weighted by Gasteiger charge is -2.26. The van der Waals surface area contributed by atoms with Crippen molar-refractivity contribution in [1.29, 1.82) is 0 Å². The van der Waals surface area contributed by atoms with E-state index in [2.05, 4.69) is 29.0 Å². The van der Waals surface area contributed by atoms with E-state index in [-0.39, 0.29) is 5.91 Å². The average Bonchev–Trinajstić information content (AvgIpc) is 3.08. The van der Waals surface area contributed by atoms with Gasteiger partial charge in [0.1, 0.15) is 0 Å². The molecule has 4 nitrogen and oxygen atoms in total. The van der Waals surface area contributed by atoms with Gasteiger partial charge >= 0.3 is 0 Å². The predicted octanol–water partition coefficient (Wildman–Crippen LogP) is 3.73. The van der Waals surface area contributed by atoms with Crippen LogP contribution in [0.15, 0.2) is 54.9 Å². The van der Waals surface area contributed by atoms with Crippen LogP contribution >= 0.6 is 0 Å². The van der Waals surface area contributed by atoms with Crippen LogP contribution in [0.3, 0.4) is 0 Å². The summed E-state index contributed by atoms with van der Waals surface area (Å²) in [5, 5.41) is 0. The molecule has 0 radical (unpaired) electrons. The second-order valence-corrected chi connectivity index (χ2v) is 6.52. The number of amides is 1. The Labute approximate surface area is 147 Å². The quantitative estimate of drug-likeness (QED) is 0.795. The maximum Gasteiger partial charge on any atom is 0.227 e. The number of rotatable bonds is 3. The molecule has 3 heterocycles. The molecule has 0 atom stereocenters. The third-order valence-corrected chi connectivity index (χ3v) is 4.95. The molecule has 4 heteroatoms. The summed E-state index contributed by atoms with van der Waals surface area (Å²) in [5.74, 6) is 0.196. The number of benzene rings is 1. The van der Waals surface area contributed by atoms with E-state index in [4.69, 9.17) is 0 Å². The van der Waals surface area contributed by atoms with Gasteiger partial charge in [0, 0.05) is 31.0 Å². The van der Waals surface area contributed by atoms with Crippen molar-refractivity contribution < 1.29 is 4.79 Å². The SMILES string of the molecule is Cc1ccccc1CC(=O)N1CC=C(c2c[nH]c3cccnc23)CC1. The van der Waals surface area contributed by atoms with E-state index in [1.807, 2.05) is 47.6 Å². The number of hydrogen-bond donors (Lipinski definition) is 1. The van der Waals surface area contributed by atoms with Crippen molar-refractivity contribution in [1.82, 2.24) is 14.9 Å². The zero-order valence-electron chi connectivity index (χ0n) is 14.3. The highest BCUT2D eigenvalue weighted by Gasteiger charge is 2.20. The molecule has 126 valence electrons. The first-order chi connectivity index (χ1) is 12.2. The number of aromatic nitrogens is 2. The Bertz CT molecular complexity index is 954. The van der Waals surface area contributed by atoms with Crippen LogP contribution in [0.5, 0.6) is 0 Å². The molecule has 1 aliphatic heterocycles. The summed E-state index contributed by atoms with van der Waals surface area (Å²) in [6, 6.07) is 12.1. The Morgan fingerprint density at radius 2 is 2.12 bits per heavy atom. The zero-order chi connectivity index (χ0) is 17.2. The highest BCUT2D eigenvalue weighted by Crippen LogP contribution is 2.28. The molecular weight excluding hydrogens is 310 g/mol. The fourth-order valence-corrected chi connectivity index (χ4v) is 3.42. The highest BCUT2D eigenvalue weighted by atomic mass is 16.2. The van der Waals surface area contributed by atoms with E-state index in [0.29, 0.717) is 13.0 Å². The molecule has 0 fully saturated rings. The van der Waals surface area contributed by atoms with Crippen LogP contribution in [0.25, 0.3) is 16.6 Å². The Morgan fingerprint density at radius 1 is 1.24 bits per heavy atom. The van der Waals surface area contributed by atoms with Gasteiger partial charge in [-0.1, -0.05) is 30.3 Å². The monoisotopic (exact) mass is 331 g/mol. The molecule has 1 amide bonds. The number of hydrogen-bond acceptors (Lipinski definition) is 2. The number of nitrogens with zero attached hydrogens (tertiary/aromatic N) is 2. The first kappa shape index (κ1) is 15.6. The zero-order valence-corrected chi connectivity index (χ0v) is 14.3. The summed E-state index contributed by atoms with van der Waals surface area (Å²) < 4.78 is 0. The van der Waals surface area contributed by atoms with Crippen LogP contribution in [0, 0.1) is 6.92 Å². The highest BCUT2D eigenvalue weighted by molar-refractivity contribution is 5.90. The molecule has 0 bridgehead atoms. The van der Waals surface area contributed by atoms with Gasteiger partial charge in [0.15, 0.2) is 0 Å². The molecule has 1 N–H and O–H groups in total. The topological polar surface area (TPSA) is 49.0 Å². The summed E-state index contributed by atoms with van der Waals surface area (Å²) >= 11 is 0. The Kier molecular flexibility index (Phi) is 4.10. The third-order valence-electron chi connectivity index (χ3n) is 4.95. The van der Waals surface area contributed by atoms with Crippen molar-refractivity contribution in [3.05, 3.63) is 71.6 Å². The van der Waals surface area contributed by atoms with E-state index in [9.17, 15) is 4.79 Å². The number of nitrogens with one attached hydrogen (secondary N) is 1.